The van der Waals surface area contributed by atoms with Crippen LogP contribution in [0.15, 0.2) is 23.6 Å². The summed E-state index contributed by atoms with van der Waals surface area (Å²) in [5.74, 6) is 1.78. The van der Waals surface area contributed by atoms with Crippen molar-refractivity contribution >= 4 is 23.0 Å². The third-order valence-electron chi connectivity index (χ3n) is 5.60. The standard InChI is InChI=1S/C21H28N6OS/c1-14-6-8-26(9-7-14)17(18-5-4-10-29-18)13-22-20(28)12-19-24-21-23-15(2)11-16(3)27(21)25-19/h4-5,10-11,14,17H,6-9,12-13H2,1-3H3,(H,22,28). The lowest BCUT2D eigenvalue weighted by atomic mass is 9.97. The summed E-state index contributed by atoms with van der Waals surface area (Å²) in [7, 11) is 0. The second kappa shape index (κ2) is 8.59. The van der Waals surface area contributed by atoms with Crippen LogP contribution in [0.2, 0.25) is 0 Å². The zero-order chi connectivity index (χ0) is 20.4. The van der Waals surface area contributed by atoms with Crippen molar-refractivity contribution in [2.24, 2.45) is 5.92 Å². The van der Waals surface area contributed by atoms with Gasteiger partial charge in [-0.2, -0.15) is 4.98 Å². The van der Waals surface area contributed by atoms with Crippen molar-refractivity contribution in [2.75, 3.05) is 19.6 Å². The van der Waals surface area contributed by atoms with Gasteiger partial charge in [0.2, 0.25) is 5.91 Å². The quantitative estimate of drug-likeness (QED) is 0.674. The summed E-state index contributed by atoms with van der Waals surface area (Å²) in [6, 6.07) is 6.43. The number of aryl methyl sites for hydroxylation is 2. The highest BCUT2D eigenvalue weighted by molar-refractivity contribution is 7.10. The van der Waals surface area contributed by atoms with Crippen LogP contribution < -0.4 is 5.32 Å². The van der Waals surface area contributed by atoms with Crippen molar-refractivity contribution in [3.8, 4) is 0 Å². The maximum absolute atomic E-state index is 12.6. The molecule has 0 aromatic carbocycles. The molecule has 1 saturated heterocycles. The van der Waals surface area contributed by atoms with Crippen LogP contribution in [0.25, 0.3) is 5.78 Å². The van der Waals surface area contributed by atoms with Crippen molar-refractivity contribution in [1.82, 2.24) is 29.8 Å². The molecule has 0 saturated carbocycles. The molecule has 0 spiro atoms. The van der Waals surface area contributed by atoms with E-state index in [4.69, 9.17) is 0 Å². The molecule has 3 aromatic rings. The maximum Gasteiger partial charge on any atom is 0.252 e. The van der Waals surface area contributed by atoms with Crippen LogP contribution >= 0.6 is 11.3 Å². The Balaban J connectivity index is 1.41. The average Bonchev–Trinajstić information content (AvgIpc) is 3.33. The number of thiophene rings is 1. The van der Waals surface area contributed by atoms with E-state index < -0.39 is 0 Å². The first-order chi connectivity index (χ1) is 14.0. The van der Waals surface area contributed by atoms with Gasteiger partial charge in [-0.15, -0.1) is 16.4 Å². The van der Waals surface area contributed by atoms with E-state index in [1.54, 1.807) is 15.9 Å². The van der Waals surface area contributed by atoms with E-state index in [-0.39, 0.29) is 18.4 Å². The molecule has 4 rings (SSSR count). The molecule has 7 nitrogen and oxygen atoms in total. The summed E-state index contributed by atoms with van der Waals surface area (Å²) < 4.78 is 1.69. The molecule has 0 bridgehead atoms. The first-order valence-corrected chi connectivity index (χ1v) is 11.1. The third-order valence-corrected chi connectivity index (χ3v) is 6.58. The number of carbonyl (C=O) groups excluding carboxylic acids is 1. The lowest BCUT2D eigenvalue weighted by molar-refractivity contribution is -0.120. The number of likely N-dealkylation sites (tertiary alicyclic amines) is 1. The largest absolute Gasteiger partial charge is 0.354 e. The number of fused-ring (bicyclic) bond motifs is 1. The second-order valence-electron chi connectivity index (χ2n) is 8.01. The fraction of sp³-hybridized carbons (Fsp3) is 0.524. The molecule has 4 heterocycles. The molecule has 1 atom stereocenters. The van der Waals surface area contributed by atoms with Crippen LogP contribution in [0, 0.1) is 19.8 Å². The smallest absolute Gasteiger partial charge is 0.252 e. The van der Waals surface area contributed by atoms with Gasteiger partial charge in [-0.3, -0.25) is 9.69 Å². The van der Waals surface area contributed by atoms with E-state index in [2.05, 4.69) is 49.7 Å². The zero-order valence-electron chi connectivity index (χ0n) is 17.3. The van der Waals surface area contributed by atoms with Crippen LogP contribution in [-0.4, -0.2) is 50.0 Å². The molecule has 1 aliphatic heterocycles. The van der Waals surface area contributed by atoms with Gasteiger partial charge in [0.05, 0.1) is 12.5 Å². The van der Waals surface area contributed by atoms with Crippen LogP contribution in [-0.2, 0) is 11.2 Å². The molecular weight excluding hydrogens is 384 g/mol. The maximum atomic E-state index is 12.6. The van der Waals surface area contributed by atoms with Crippen molar-refractivity contribution < 1.29 is 4.79 Å². The summed E-state index contributed by atoms with van der Waals surface area (Å²) in [5, 5.41) is 9.66. The van der Waals surface area contributed by atoms with E-state index in [9.17, 15) is 4.79 Å². The minimum absolute atomic E-state index is 0.0535. The van der Waals surface area contributed by atoms with Crippen molar-refractivity contribution in [2.45, 2.75) is 46.1 Å². The van der Waals surface area contributed by atoms with Crippen LogP contribution in [0.1, 0.15) is 47.9 Å². The van der Waals surface area contributed by atoms with Gasteiger partial charge in [-0.05, 0) is 63.2 Å². The molecule has 154 valence electrons. The van der Waals surface area contributed by atoms with E-state index in [1.165, 1.54) is 17.7 Å². The molecule has 1 aliphatic rings. The SMILES string of the molecule is Cc1cc(C)n2nc(CC(=O)NCC(c3cccs3)N3CCC(C)CC3)nc2n1. The molecular formula is C21H28N6OS. The number of carbonyl (C=O) groups is 1. The number of nitrogens with zero attached hydrogens (tertiary/aromatic N) is 5. The van der Waals surface area contributed by atoms with Gasteiger partial charge in [0.25, 0.3) is 5.78 Å². The Morgan fingerprint density at radius 2 is 2.10 bits per heavy atom. The highest BCUT2D eigenvalue weighted by atomic mass is 32.1. The molecule has 3 aromatic heterocycles. The van der Waals surface area contributed by atoms with E-state index >= 15 is 0 Å². The number of hydrogen-bond donors (Lipinski definition) is 1. The molecule has 29 heavy (non-hydrogen) atoms. The first-order valence-electron chi connectivity index (χ1n) is 10.2. The van der Waals surface area contributed by atoms with E-state index in [1.807, 2.05) is 19.9 Å². The average molecular weight is 413 g/mol. The summed E-state index contributed by atoms with van der Waals surface area (Å²) in [6.45, 7) is 8.98. The lowest BCUT2D eigenvalue weighted by Gasteiger charge is -2.36. The molecule has 1 fully saturated rings. The van der Waals surface area contributed by atoms with E-state index in [0.717, 1.165) is 30.4 Å². The van der Waals surface area contributed by atoms with Crippen LogP contribution in [0.3, 0.4) is 0 Å². The summed E-state index contributed by atoms with van der Waals surface area (Å²) >= 11 is 1.76. The Morgan fingerprint density at radius 3 is 2.83 bits per heavy atom. The van der Waals surface area contributed by atoms with Crippen molar-refractivity contribution in [3.63, 3.8) is 0 Å². The van der Waals surface area contributed by atoms with Gasteiger partial charge in [0, 0.05) is 22.8 Å². The number of rotatable bonds is 6. The highest BCUT2D eigenvalue weighted by Crippen LogP contribution is 2.29. The second-order valence-corrected chi connectivity index (χ2v) is 8.99. The summed E-state index contributed by atoms with van der Waals surface area (Å²) in [4.78, 5) is 25.2. The highest BCUT2D eigenvalue weighted by Gasteiger charge is 2.26. The molecule has 1 N–H and O–H groups in total. The van der Waals surface area contributed by atoms with Crippen molar-refractivity contribution in [3.05, 3.63) is 45.7 Å². The predicted octanol–water partition coefficient (Wildman–Crippen LogP) is 2.93. The van der Waals surface area contributed by atoms with Gasteiger partial charge < -0.3 is 5.32 Å². The zero-order valence-corrected chi connectivity index (χ0v) is 18.1. The number of hydrogen-bond acceptors (Lipinski definition) is 6. The predicted molar refractivity (Wildman–Crippen MR) is 114 cm³/mol. The fourth-order valence-corrected chi connectivity index (χ4v) is 4.79. The van der Waals surface area contributed by atoms with E-state index in [0.29, 0.717) is 18.1 Å². The number of piperidine rings is 1. The Bertz CT molecular complexity index is 975. The van der Waals surface area contributed by atoms with Gasteiger partial charge >= 0.3 is 0 Å². The molecule has 8 heteroatoms. The Morgan fingerprint density at radius 1 is 1.31 bits per heavy atom. The van der Waals surface area contributed by atoms with Crippen molar-refractivity contribution in [1.29, 1.82) is 0 Å². The molecule has 0 radical (unpaired) electrons. The Kier molecular flexibility index (Phi) is 5.91. The first kappa shape index (κ1) is 20.0. The minimum atomic E-state index is -0.0535. The Hall–Kier alpha value is -2.32. The molecule has 1 unspecified atom stereocenters. The summed E-state index contributed by atoms with van der Waals surface area (Å²) in [5.41, 5.74) is 1.86. The minimum Gasteiger partial charge on any atom is -0.354 e. The van der Waals surface area contributed by atoms with Gasteiger partial charge in [0.1, 0.15) is 0 Å². The monoisotopic (exact) mass is 412 g/mol. The number of amides is 1. The topological polar surface area (TPSA) is 75.4 Å². The van der Waals surface area contributed by atoms with Gasteiger partial charge in [-0.1, -0.05) is 13.0 Å². The van der Waals surface area contributed by atoms with Gasteiger partial charge in [0.15, 0.2) is 5.82 Å². The summed E-state index contributed by atoms with van der Waals surface area (Å²) in [6.07, 6.45) is 2.59. The third kappa shape index (κ3) is 4.64. The van der Waals surface area contributed by atoms with Crippen LogP contribution in [0.5, 0.6) is 0 Å². The number of aromatic nitrogens is 4. The number of nitrogens with one attached hydrogen (secondary N) is 1. The molecule has 1 amide bonds. The lowest BCUT2D eigenvalue weighted by Crippen LogP contribution is -2.42. The Labute approximate surface area is 175 Å². The fourth-order valence-electron chi connectivity index (χ4n) is 3.93. The molecule has 0 aliphatic carbocycles. The van der Waals surface area contributed by atoms with Gasteiger partial charge in [-0.25, -0.2) is 9.50 Å². The normalized spacial score (nSPS) is 16.9. The van der Waals surface area contributed by atoms with Crippen LogP contribution in [0.4, 0.5) is 0 Å².